The molecule has 0 saturated carbocycles. The van der Waals surface area contributed by atoms with Gasteiger partial charge in [-0.2, -0.15) is 11.0 Å². The Bertz CT molecular complexity index is 946. The molecule has 1 aromatic heterocycles. The highest BCUT2D eigenvalue weighted by Crippen LogP contribution is 2.25. The average molecular weight is 354 g/mol. The van der Waals surface area contributed by atoms with E-state index in [1.807, 2.05) is 12.1 Å². The van der Waals surface area contributed by atoms with Crippen molar-refractivity contribution < 1.29 is 14.0 Å². The summed E-state index contributed by atoms with van der Waals surface area (Å²) >= 11 is 0. The smallest absolute Gasteiger partial charge is 0.359 e. The van der Waals surface area contributed by atoms with Gasteiger partial charge in [-0.05, 0) is 49.2 Å². The molecule has 134 valence electrons. The number of nitrogens with zero attached hydrogens (tertiary/aromatic N) is 2. The molecular weight excluding hydrogens is 335 g/mol. The lowest BCUT2D eigenvalue weighted by molar-refractivity contribution is 0.0505. The van der Waals surface area contributed by atoms with Crippen molar-refractivity contribution >= 4 is 16.9 Å². The van der Waals surface area contributed by atoms with E-state index < -0.39 is 11.8 Å². The lowest BCUT2D eigenvalue weighted by atomic mass is 9.97. The van der Waals surface area contributed by atoms with Crippen molar-refractivity contribution in [2.24, 2.45) is 5.90 Å². The number of rotatable bonds is 3. The molecule has 1 fully saturated rings. The van der Waals surface area contributed by atoms with Gasteiger partial charge in [0.05, 0.1) is 11.3 Å². The molecule has 1 atom stereocenters. The number of piperidine rings is 1. The number of fused-ring (bicyclic) bond motifs is 1. The first kappa shape index (κ1) is 16.7. The Morgan fingerprint density at radius 3 is 2.77 bits per heavy atom. The normalized spacial score (nSPS) is 17.4. The molecule has 0 aliphatic carbocycles. The molecule has 1 saturated heterocycles. The summed E-state index contributed by atoms with van der Waals surface area (Å²) in [6.07, 6.45) is 5.27. The number of hydrogen-bond donors (Lipinski definition) is 2. The molecule has 4 rings (SSSR count). The molecule has 1 aliphatic heterocycles. The molecule has 0 spiro atoms. The first-order chi connectivity index (χ1) is 12.7. The summed E-state index contributed by atoms with van der Waals surface area (Å²) in [5.41, 5.74) is 2.42. The minimum Gasteiger partial charge on any atom is -0.370 e. The van der Waals surface area contributed by atoms with Crippen molar-refractivity contribution in [2.45, 2.75) is 25.3 Å². The Morgan fingerprint density at radius 1 is 1.27 bits per heavy atom. The molecule has 7 heteroatoms. The SMILES string of the molecule is NOC(=O)c1cc(F)cc2cn(-c3ccc(C4CCCCN4)cc3)nc12. The lowest BCUT2D eigenvalue weighted by Gasteiger charge is -2.23. The number of nitrogens with two attached hydrogens (primary N) is 1. The van der Waals surface area contributed by atoms with Crippen LogP contribution in [0.5, 0.6) is 0 Å². The number of carbonyl (C=O) groups excluding carboxylic acids is 1. The summed E-state index contributed by atoms with van der Waals surface area (Å²) in [6.45, 7) is 1.04. The first-order valence-corrected chi connectivity index (χ1v) is 8.59. The Morgan fingerprint density at radius 2 is 2.08 bits per heavy atom. The molecule has 1 aliphatic rings. The minimum atomic E-state index is -0.821. The Balaban J connectivity index is 1.69. The maximum Gasteiger partial charge on any atom is 0.359 e. The highest BCUT2D eigenvalue weighted by atomic mass is 19.1. The Labute approximate surface area is 149 Å². The number of nitrogens with one attached hydrogen (secondary N) is 1. The van der Waals surface area contributed by atoms with Gasteiger partial charge in [-0.25, -0.2) is 13.9 Å². The summed E-state index contributed by atoms with van der Waals surface area (Å²) in [4.78, 5) is 16.0. The predicted molar refractivity (Wildman–Crippen MR) is 95.2 cm³/mol. The van der Waals surface area contributed by atoms with Crippen molar-refractivity contribution in [3.8, 4) is 5.69 Å². The van der Waals surface area contributed by atoms with Crippen molar-refractivity contribution in [3.63, 3.8) is 0 Å². The zero-order valence-electron chi connectivity index (χ0n) is 14.1. The fraction of sp³-hybridized carbons (Fsp3) is 0.263. The van der Waals surface area contributed by atoms with Crippen LogP contribution in [0.3, 0.4) is 0 Å². The van der Waals surface area contributed by atoms with Crippen molar-refractivity contribution in [2.75, 3.05) is 6.54 Å². The number of hydrogen-bond acceptors (Lipinski definition) is 5. The van der Waals surface area contributed by atoms with Crippen LogP contribution in [0.4, 0.5) is 4.39 Å². The number of carbonyl (C=O) groups is 1. The molecule has 6 nitrogen and oxygen atoms in total. The van der Waals surface area contributed by atoms with E-state index in [0.717, 1.165) is 24.7 Å². The first-order valence-electron chi connectivity index (χ1n) is 8.59. The van der Waals surface area contributed by atoms with Gasteiger partial charge in [0.15, 0.2) is 0 Å². The van der Waals surface area contributed by atoms with Crippen LogP contribution in [-0.4, -0.2) is 22.3 Å². The lowest BCUT2D eigenvalue weighted by Crippen LogP contribution is -2.26. The summed E-state index contributed by atoms with van der Waals surface area (Å²) in [5, 5.41) is 8.44. The second kappa shape index (κ2) is 6.86. The van der Waals surface area contributed by atoms with Crippen LogP contribution in [0.25, 0.3) is 16.6 Å². The van der Waals surface area contributed by atoms with Gasteiger partial charge in [0.25, 0.3) is 0 Å². The van der Waals surface area contributed by atoms with Gasteiger partial charge < -0.3 is 10.2 Å². The molecule has 0 amide bonds. The van der Waals surface area contributed by atoms with Crippen LogP contribution in [-0.2, 0) is 4.84 Å². The van der Waals surface area contributed by atoms with Gasteiger partial charge in [-0.3, -0.25) is 0 Å². The van der Waals surface area contributed by atoms with E-state index in [4.69, 9.17) is 5.90 Å². The molecular formula is C19H19FN4O2. The highest BCUT2D eigenvalue weighted by molar-refractivity contribution is 6.02. The average Bonchev–Trinajstić information content (AvgIpc) is 3.11. The van der Waals surface area contributed by atoms with E-state index in [1.54, 1.807) is 10.9 Å². The van der Waals surface area contributed by atoms with Gasteiger partial charge >= 0.3 is 5.97 Å². The van der Waals surface area contributed by atoms with Gasteiger partial charge in [-0.1, -0.05) is 18.6 Å². The summed E-state index contributed by atoms with van der Waals surface area (Å²) in [6, 6.07) is 10.9. The Hall–Kier alpha value is -2.77. The van der Waals surface area contributed by atoms with Gasteiger partial charge in [0, 0.05) is 17.6 Å². The molecule has 3 aromatic rings. The summed E-state index contributed by atoms with van der Waals surface area (Å²) in [7, 11) is 0. The quantitative estimate of drug-likeness (QED) is 0.707. The third-order valence-electron chi connectivity index (χ3n) is 4.77. The van der Waals surface area contributed by atoms with Crippen LogP contribution in [0.1, 0.15) is 41.2 Å². The topological polar surface area (TPSA) is 82.2 Å². The standard InChI is InChI=1S/C19H19FN4O2/c20-14-9-13-11-24(23-18(13)16(10-14)19(25)26-21)15-6-4-12(5-7-15)17-3-1-2-8-22-17/h4-7,9-11,17,22H,1-3,8,21H2. The van der Waals surface area contributed by atoms with Gasteiger partial charge in [0.1, 0.15) is 11.3 Å². The van der Waals surface area contributed by atoms with E-state index in [2.05, 4.69) is 27.4 Å². The van der Waals surface area contributed by atoms with E-state index in [1.165, 1.54) is 24.5 Å². The van der Waals surface area contributed by atoms with E-state index >= 15 is 0 Å². The minimum absolute atomic E-state index is 0.00396. The largest absolute Gasteiger partial charge is 0.370 e. The fourth-order valence-corrected chi connectivity index (χ4v) is 3.45. The molecule has 26 heavy (non-hydrogen) atoms. The summed E-state index contributed by atoms with van der Waals surface area (Å²) in [5.74, 6) is 3.57. The molecule has 2 heterocycles. The number of aromatic nitrogens is 2. The number of benzene rings is 2. The second-order valence-electron chi connectivity index (χ2n) is 6.46. The molecule has 0 bridgehead atoms. The zero-order chi connectivity index (χ0) is 18.1. The van der Waals surface area contributed by atoms with E-state index in [0.29, 0.717) is 16.9 Å². The van der Waals surface area contributed by atoms with E-state index in [-0.39, 0.29) is 5.56 Å². The Kier molecular flexibility index (Phi) is 4.40. The third kappa shape index (κ3) is 3.07. The predicted octanol–water partition coefficient (Wildman–Crippen LogP) is 3.01. The van der Waals surface area contributed by atoms with Crippen molar-refractivity contribution in [1.29, 1.82) is 0 Å². The monoisotopic (exact) mass is 354 g/mol. The van der Waals surface area contributed by atoms with Crippen molar-refractivity contribution in [1.82, 2.24) is 15.1 Å². The maximum absolute atomic E-state index is 13.8. The van der Waals surface area contributed by atoms with E-state index in [9.17, 15) is 9.18 Å². The van der Waals surface area contributed by atoms with Crippen LogP contribution >= 0.6 is 0 Å². The van der Waals surface area contributed by atoms with Crippen molar-refractivity contribution in [3.05, 3.63) is 59.5 Å². The maximum atomic E-state index is 13.8. The van der Waals surface area contributed by atoms with Crippen LogP contribution in [0.2, 0.25) is 0 Å². The third-order valence-corrected chi connectivity index (χ3v) is 4.77. The molecule has 3 N–H and O–H groups in total. The van der Waals surface area contributed by atoms with Crippen LogP contribution < -0.4 is 11.2 Å². The zero-order valence-corrected chi connectivity index (χ0v) is 14.1. The van der Waals surface area contributed by atoms with Gasteiger partial charge in [-0.15, -0.1) is 0 Å². The van der Waals surface area contributed by atoms with Crippen LogP contribution in [0, 0.1) is 5.82 Å². The van der Waals surface area contributed by atoms with Gasteiger partial charge in [0.2, 0.25) is 0 Å². The molecule has 0 radical (unpaired) electrons. The molecule has 1 unspecified atom stereocenters. The number of halogens is 1. The highest BCUT2D eigenvalue weighted by Gasteiger charge is 2.17. The fourth-order valence-electron chi connectivity index (χ4n) is 3.45. The summed E-state index contributed by atoms with van der Waals surface area (Å²) < 4.78 is 15.4. The molecule has 2 aromatic carbocycles. The van der Waals surface area contributed by atoms with Crippen LogP contribution in [0.15, 0.2) is 42.6 Å². The second-order valence-corrected chi connectivity index (χ2v) is 6.46.